The standard InChI is InChI=1S/C19H16FN5O/c1-12-2-6-14(7-3-12)16-10-17-23-24-19(26)25(17)18(22-16)21-11-13-4-8-15(20)9-5-13/h2-10H,11H2,1H3,(H,21,22)(H,24,26). The van der Waals surface area contributed by atoms with Crippen molar-refractivity contribution in [2.45, 2.75) is 13.5 Å². The van der Waals surface area contributed by atoms with Gasteiger partial charge >= 0.3 is 5.69 Å². The van der Waals surface area contributed by atoms with Crippen molar-refractivity contribution < 1.29 is 4.39 Å². The van der Waals surface area contributed by atoms with Gasteiger partial charge in [-0.25, -0.2) is 23.7 Å². The first kappa shape index (κ1) is 16.0. The van der Waals surface area contributed by atoms with Crippen LogP contribution in [-0.4, -0.2) is 19.6 Å². The molecular formula is C19H16FN5O. The molecule has 6 nitrogen and oxygen atoms in total. The molecule has 0 aliphatic rings. The maximum Gasteiger partial charge on any atom is 0.350 e. The van der Waals surface area contributed by atoms with Gasteiger partial charge in [0.05, 0.1) is 5.69 Å². The number of nitrogens with one attached hydrogen (secondary N) is 2. The number of hydrogen-bond acceptors (Lipinski definition) is 4. The summed E-state index contributed by atoms with van der Waals surface area (Å²) in [7, 11) is 0. The zero-order chi connectivity index (χ0) is 18.1. The molecule has 0 saturated heterocycles. The second-order valence-corrected chi connectivity index (χ2v) is 6.03. The van der Waals surface area contributed by atoms with Crippen molar-refractivity contribution in [3.8, 4) is 11.3 Å². The number of halogens is 1. The Labute approximate surface area is 148 Å². The van der Waals surface area contributed by atoms with Crippen LogP contribution >= 0.6 is 0 Å². The van der Waals surface area contributed by atoms with E-state index in [9.17, 15) is 9.18 Å². The van der Waals surface area contributed by atoms with E-state index >= 15 is 0 Å². The van der Waals surface area contributed by atoms with Gasteiger partial charge in [0.1, 0.15) is 5.82 Å². The molecule has 0 aliphatic heterocycles. The average Bonchev–Trinajstić information content (AvgIpc) is 3.03. The summed E-state index contributed by atoms with van der Waals surface area (Å²) in [6, 6.07) is 15.9. The number of aryl methyl sites for hydroxylation is 1. The third-order valence-corrected chi connectivity index (χ3v) is 4.11. The van der Waals surface area contributed by atoms with Gasteiger partial charge in [-0.3, -0.25) is 0 Å². The highest BCUT2D eigenvalue weighted by Gasteiger charge is 2.11. The van der Waals surface area contributed by atoms with Crippen LogP contribution in [0.3, 0.4) is 0 Å². The Balaban J connectivity index is 1.74. The summed E-state index contributed by atoms with van der Waals surface area (Å²) >= 11 is 0. The van der Waals surface area contributed by atoms with Crippen LogP contribution in [0, 0.1) is 12.7 Å². The molecular weight excluding hydrogens is 333 g/mol. The van der Waals surface area contributed by atoms with Crippen LogP contribution in [0.5, 0.6) is 0 Å². The predicted molar refractivity (Wildman–Crippen MR) is 97.5 cm³/mol. The van der Waals surface area contributed by atoms with E-state index in [0.29, 0.717) is 23.8 Å². The molecule has 0 spiro atoms. The summed E-state index contributed by atoms with van der Waals surface area (Å²) in [5, 5.41) is 9.62. The lowest BCUT2D eigenvalue weighted by Crippen LogP contribution is -2.16. The van der Waals surface area contributed by atoms with Crippen LogP contribution in [0.2, 0.25) is 0 Å². The van der Waals surface area contributed by atoms with Crippen LogP contribution in [0.1, 0.15) is 11.1 Å². The molecule has 0 saturated carbocycles. The van der Waals surface area contributed by atoms with Crippen molar-refractivity contribution in [3.05, 3.63) is 82.0 Å². The Morgan fingerprint density at radius 2 is 1.85 bits per heavy atom. The number of benzene rings is 2. The molecule has 0 unspecified atom stereocenters. The van der Waals surface area contributed by atoms with Gasteiger partial charge in [-0.15, -0.1) is 0 Å². The highest BCUT2D eigenvalue weighted by molar-refractivity contribution is 5.66. The van der Waals surface area contributed by atoms with Crippen LogP contribution in [-0.2, 0) is 6.54 Å². The number of H-pyrrole nitrogens is 1. The summed E-state index contributed by atoms with van der Waals surface area (Å²) in [5.74, 6) is 0.0860. The minimum Gasteiger partial charge on any atom is -0.351 e. The third-order valence-electron chi connectivity index (χ3n) is 4.11. The van der Waals surface area contributed by atoms with E-state index in [1.54, 1.807) is 18.2 Å². The zero-order valence-electron chi connectivity index (χ0n) is 14.0. The monoisotopic (exact) mass is 349 g/mol. The van der Waals surface area contributed by atoms with Crippen LogP contribution in [0.4, 0.5) is 10.3 Å². The molecule has 0 bridgehead atoms. The van der Waals surface area contributed by atoms with Crippen molar-refractivity contribution in [1.29, 1.82) is 0 Å². The Hall–Kier alpha value is -3.48. The average molecular weight is 349 g/mol. The molecule has 130 valence electrons. The quantitative estimate of drug-likeness (QED) is 0.593. The highest BCUT2D eigenvalue weighted by Crippen LogP contribution is 2.21. The molecule has 7 heteroatoms. The van der Waals surface area contributed by atoms with Crippen LogP contribution in [0.15, 0.2) is 59.4 Å². The normalized spacial score (nSPS) is 11.0. The second-order valence-electron chi connectivity index (χ2n) is 6.03. The molecule has 0 aliphatic carbocycles. The molecule has 2 aromatic heterocycles. The lowest BCUT2D eigenvalue weighted by atomic mass is 10.1. The molecule has 0 amide bonds. The minimum absolute atomic E-state index is 0.290. The first-order chi connectivity index (χ1) is 12.6. The summed E-state index contributed by atoms with van der Waals surface area (Å²) in [5.41, 5.74) is 3.77. The molecule has 2 aromatic carbocycles. The fraction of sp³-hybridized carbons (Fsp3) is 0.105. The van der Waals surface area contributed by atoms with Crippen molar-refractivity contribution in [3.63, 3.8) is 0 Å². The number of fused-ring (bicyclic) bond motifs is 1. The predicted octanol–water partition coefficient (Wildman–Crippen LogP) is 3.14. The number of nitrogens with zero attached hydrogens (tertiary/aromatic N) is 3. The maximum absolute atomic E-state index is 13.0. The zero-order valence-corrected chi connectivity index (χ0v) is 14.0. The molecule has 0 fully saturated rings. The van der Waals surface area contributed by atoms with Gasteiger partial charge in [0.15, 0.2) is 5.65 Å². The van der Waals surface area contributed by atoms with E-state index in [2.05, 4.69) is 20.5 Å². The summed E-state index contributed by atoms with van der Waals surface area (Å²) < 4.78 is 14.4. The number of anilines is 1. The Kier molecular flexibility index (Phi) is 3.96. The smallest absolute Gasteiger partial charge is 0.350 e. The van der Waals surface area contributed by atoms with Crippen LogP contribution in [0.25, 0.3) is 16.9 Å². The van der Waals surface area contributed by atoms with Crippen molar-refractivity contribution >= 4 is 11.6 Å². The summed E-state index contributed by atoms with van der Waals surface area (Å²) in [6.45, 7) is 2.42. The Bertz CT molecular complexity index is 1110. The fourth-order valence-corrected chi connectivity index (χ4v) is 2.70. The number of aromatic nitrogens is 4. The molecule has 2 N–H and O–H groups in total. The van der Waals surface area contributed by atoms with E-state index in [4.69, 9.17) is 0 Å². The second kappa shape index (κ2) is 6.44. The van der Waals surface area contributed by atoms with E-state index in [0.717, 1.165) is 16.7 Å². The van der Waals surface area contributed by atoms with Gasteiger partial charge in [0, 0.05) is 18.2 Å². The van der Waals surface area contributed by atoms with E-state index in [1.807, 2.05) is 31.2 Å². The van der Waals surface area contributed by atoms with Gasteiger partial charge < -0.3 is 5.32 Å². The number of aromatic amines is 1. The minimum atomic E-state index is -0.371. The summed E-state index contributed by atoms with van der Waals surface area (Å²) in [6.07, 6.45) is 0. The lowest BCUT2D eigenvalue weighted by Gasteiger charge is -2.10. The fourth-order valence-electron chi connectivity index (χ4n) is 2.70. The highest BCUT2D eigenvalue weighted by atomic mass is 19.1. The number of hydrogen-bond donors (Lipinski definition) is 2. The van der Waals surface area contributed by atoms with Gasteiger partial charge in [-0.1, -0.05) is 42.0 Å². The first-order valence-electron chi connectivity index (χ1n) is 8.14. The largest absolute Gasteiger partial charge is 0.351 e. The topological polar surface area (TPSA) is 75.1 Å². The lowest BCUT2D eigenvalue weighted by molar-refractivity contribution is 0.627. The van der Waals surface area contributed by atoms with E-state index in [-0.39, 0.29) is 11.5 Å². The van der Waals surface area contributed by atoms with Gasteiger partial charge in [-0.2, -0.15) is 5.10 Å². The molecule has 26 heavy (non-hydrogen) atoms. The Morgan fingerprint density at radius 1 is 1.12 bits per heavy atom. The number of rotatable bonds is 4. The molecule has 4 rings (SSSR count). The summed E-state index contributed by atoms with van der Waals surface area (Å²) in [4.78, 5) is 16.6. The molecule has 2 heterocycles. The van der Waals surface area contributed by atoms with Crippen molar-refractivity contribution in [2.75, 3.05) is 5.32 Å². The van der Waals surface area contributed by atoms with Gasteiger partial charge in [0.25, 0.3) is 0 Å². The maximum atomic E-state index is 13.0. The molecule has 0 radical (unpaired) electrons. The first-order valence-corrected chi connectivity index (χ1v) is 8.14. The van der Waals surface area contributed by atoms with E-state index in [1.165, 1.54) is 16.5 Å². The van der Waals surface area contributed by atoms with E-state index < -0.39 is 0 Å². The SMILES string of the molecule is Cc1ccc(-c2cc3n[nH]c(=O)n3c(NCc3ccc(F)cc3)n2)cc1. The van der Waals surface area contributed by atoms with Gasteiger partial charge in [-0.05, 0) is 24.6 Å². The third kappa shape index (κ3) is 3.06. The van der Waals surface area contributed by atoms with Gasteiger partial charge in [0.2, 0.25) is 5.95 Å². The van der Waals surface area contributed by atoms with Crippen molar-refractivity contribution in [1.82, 2.24) is 19.6 Å². The van der Waals surface area contributed by atoms with Crippen LogP contribution < -0.4 is 11.0 Å². The molecule has 0 atom stereocenters. The van der Waals surface area contributed by atoms with Crippen molar-refractivity contribution in [2.24, 2.45) is 0 Å². The molecule has 4 aromatic rings. The Morgan fingerprint density at radius 3 is 2.58 bits per heavy atom.